The molecule has 0 atom stereocenters. The van der Waals surface area contributed by atoms with Gasteiger partial charge >= 0.3 is 0 Å². The number of ether oxygens (including phenoxy) is 1. The van der Waals surface area contributed by atoms with E-state index in [0.717, 1.165) is 57.6 Å². The normalized spacial score (nSPS) is 18.2. The van der Waals surface area contributed by atoms with E-state index in [0.29, 0.717) is 0 Å². The third-order valence-electron chi connectivity index (χ3n) is 3.72. The minimum absolute atomic E-state index is 0. The van der Waals surface area contributed by atoms with Gasteiger partial charge in [-0.05, 0) is 38.4 Å². The van der Waals surface area contributed by atoms with E-state index in [1.165, 1.54) is 6.42 Å². The summed E-state index contributed by atoms with van der Waals surface area (Å²) in [5.41, 5.74) is 0. The number of halogens is 1. The molecule has 0 unspecified atom stereocenters. The quantitative estimate of drug-likeness (QED) is 0.371. The molecule has 21 heavy (non-hydrogen) atoms. The van der Waals surface area contributed by atoms with Crippen molar-refractivity contribution in [2.24, 2.45) is 10.9 Å². The largest absolute Gasteiger partial charge is 0.381 e. The lowest BCUT2D eigenvalue weighted by molar-refractivity contribution is 0.0794. The summed E-state index contributed by atoms with van der Waals surface area (Å²) >= 11 is 1.94. The molecule has 1 rings (SSSR count). The van der Waals surface area contributed by atoms with E-state index in [1.54, 1.807) is 0 Å². The van der Waals surface area contributed by atoms with Crippen LogP contribution in [0.15, 0.2) is 4.99 Å². The van der Waals surface area contributed by atoms with Crippen molar-refractivity contribution in [3.8, 4) is 0 Å². The van der Waals surface area contributed by atoms with Crippen LogP contribution in [-0.4, -0.2) is 49.8 Å². The maximum atomic E-state index is 5.48. The fourth-order valence-electron chi connectivity index (χ4n) is 2.21. The van der Waals surface area contributed by atoms with Crippen LogP contribution in [0, 0.1) is 5.92 Å². The van der Waals surface area contributed by atoms with Crippen LogP contribution in [0.3, 0.4) is 0 Å². The summed E-state index contributed by atoms with van der Waals surface area (Å²) in [6.07, 6.45) is 5.57. The summed E-state index contributed by atoms with van der Waals surface area (Å²) in [7, 11) is 0. The Balaban J connectivity index is 0.00000400. The summed E-state index contributed by atoms with van der Waals surface area (Å²) in [5.74, 6) is 1.67. The Kier molecular flexibility index (Phi) is 12.0. The van der Waals surface area contributed by atoms with E-state index in [9.17, 15) is 0 Å². The van der Waals surface area contributed by atoms with E-state index >= 15 is 0 Å². The summed E-state index contributed by atoms with van der Waals surface area (Å²) in [4.78, 5) is 4.80. The van der Waals surface area contributed by atoms with Gasteiger partial charge in [-0.3, -0.25) is 4.99 Å². The molecule has 2 N–H and O–H groups in total. The Morgan fingerprint density at radius 2 is 1.95 bits per heavy atom. The van der Waals surface area contributed by atoms with Gasteiger partial charge in [-0.25, -0.2) is 0 Å². The lowest BCUT2D eigenvalue weighted by atomic mass is 9.99. The van der Waals surface area contributed by atoms with Gasteiger partial charge in [0.1, 0.15) is 0 Å². The molecular formula is C15H32IN3OS. The number of hydrogen-bond acceptors (Lipinski definition) is 3. The fourth-order valence-corrected chi connectivity index (χ4v) is 2.98. The summed E-state index contributed by atoms with van der Waals surface area (Å²) in [6.45, 7) is 11.1. The minimum atomic E-state index is 0. The highest BCUT2D eigenvalue weighted by Crippen LogP contribution is 2.33. The molecule has 0 aromatic rings. The average Bonchev–Trinajstić information content (AvgIpc) is 2.45. The van der Waals surface area contributed by atoms with Gasteiger partial charge in [-0.1, -0.05) is 13.8 Å². The maximum Gasteiger partial charge on any atom is 0.191 e. The molecule has 0 amide bonds. The lowest BCUT2D eigenvalue weighted by Gasteiger charge is -2.34. The van der Waals surface area contributed by atoms with Crippen molar-refractivity contribution in [3.05, 3.63) is 0 Å². The molecule has 4 nitrogen and oxygen atoms in total. The van der Waals surface area contributed by atoms with Gasteiger partial charge in [0.2, 0.25) is 0 Å². The minimum Gasteiger partial charge on any atom is -0.381 e. The third kappa shape index (κ3) is 8.50. The molecule has 0 aromatic carbocycles. The van der Waals surface area contributed by atoms with Crippen molar-refractivity contribution in [1.29, 1.82) is 0 Å². The van der Waals surface area contributed by atoms with Gasteiger partial charge in [-0.2, -0.15) is 11.8 Å². The molecule has 0 spiro atoms. The summed E-state index contributed by atoms with van der Waals surface area (Å²) in [5, 5.41) is 6.77. The van der Waals surface area contributed by atoms with E-state index in [4.69, 9.17) is 9.73 Å². The Labute approximate surface area is 151 Å². The van der Waals surface area contributed by atoms with E-state index in [2.05, 4.69) is 37.7 Å². The number of thioether (sulfide) groups is 1. The van der Waals surface area contributed by atoms with Crippen molar-refractivity contribution in [2.45, 2.75) is 44.8 Å². The van der Waals surface area contributed by atoms with Crippen LogP contribution in [0.4, 0.5) is 0 Å². The predicted octanol–water partition coefficient (Wildman–Crippen LogP) is 3.12. The van der Waals surface area contributed by atoms with Crippen LogP contribution >= 0.6 is 35.7 Å². The second kappa shape index (κ2) is 11.8. The van der Waals surface area contributed by atoms with Crippen molar-refractivity contribution in [1.82, 2.24) is 10.6 Å². The van der Waals surface area contributed by atoms with Gasteiger partial charge in [0, 0.05) is 31.1 Å². The zero-order chi connectivity index (χ0) is 14.8. The molecular weight excluding hydrogens is 397 g/mol. The summed E-state index contributed by atoms with van der Waals surface area (Å²) in [6, 6.07) is 0. The first kappa shape index (κ1) is 21.3. The highest BCUT2D eigenvalue weighted by Gasteiger charge is 2.31. The molecule has 0 bridgehead atoms. The van der Waals surface area contributed by atoms with E-state index in [-0.39, 0.29) is 28.7 Å². The van der Waals surface area contributed by atoms with E-state index in [1.807, 2.05) is 11.8 Å². The number of hydrogen-bond donors (Lipinski definition) is 2. The number of rotatable bonds is 7. The Bertz CT molecular complexity index is 295. The van der Waals surface area contributed by atoms with Crippen molar-refractivity contribution >= 4 is 41.7 Å². The summed E-state index contributed by atoms with van der Waals surface area (Å²) < 4.78 is 5.74. The molecule has 1 heterocycles. The van der Waals surface area contributed by atoms with Crippen LogP contribution in [0.2, 0.25) is 0 Å². The van der Waals surface area contributed by atoms with Gasteiger partial charge in [-0.15, -0.1) is 24.0 Å². The molecule has 1 aliphatic rings. The van der Waals surface area contributed by atoms with Crippen LogP contribution in [0.5, 0.6) is 0 Å². The SMILES string of the molecule is CCNC(=NCC1(SC)CCOCC1)NCCC(C)C.I. The average molecular weight is 429 g/mol. The molecule has 0 aliphatic carbocycles. The number of guanidine groups is 1. The van der Waals surface area contributed by atoms with Crippen LogP contribution in [0.1, 0.15) is 40.0 Å². The zero-order valence-corrected chi connectivity index (χ0v) is 17.1. The van der Waals surface area contributed by atoms with Gasteiger partial charge in [0.15, 0.2) is 5.96 Å². The van der Waals surface area contributed by atoms with Crippen molar-refractivity contribution in [2.75, 3.05) is 39.1 Å². The van der Waals surface area contributed by atoms with E-state index < -0.39 is 0 Å². The molecule has 0 radical (unpaired) electrons. The van der Waals surface area contributed by atoms with Crippen molar-refractivity contribution < 1.29 is 4.74 Å². The Hall–Kier alpha value is 0.310. The molecule has 6 heteroatoms. The maximum absolute atomic E-state index is 5.48. The van der Waals surface area contributed by atoms with Crippen LogP contribution in [0.25, 0.3) is 0 Å². The number of nitrogens with one attached hydrogen (secondary N) is 2. The monoisotopic (exact) mass is 429 g/mol. The molecule has 1 aliphatic heterocycles. The first-order valence-corrected chi connectivity index (χ1v) is 8.99. The first-order chi connectivity index (χ1) is 9.62. The lowest BCUT2D eigenvalue weighted by Crippen LogP contribution is -2.41. The highest BCUT2D eigenvalue weighted by atomic mass is 127. The zero-order valence-electron chi connectivity index (χ0n) is 13.9. The van der Waals surface area contributed by atoms with Gasteiger partial charge in [0.25, 0.3) is 0 Å². The van der Waals surface area contributed by atoms with Gasteiger partial charge < -0.3 is 15.4 Å². The topological polar surface area (TPSA) is 45.7 Å². The van der Waals surface area contributed by atoms with Crippen LogP contribution in [-0.2, 0) is 4.74 Å². The smallest absolute Gasteiger partial charge is 0.191 e. The Morgan fingerprint density at radius 1 is 1.29 bits per heavy atom. The first-order valence-electron chi connectivity index (χ1n) is 7.77. The van der Waals surface area contributed by atoms with Crippen LogP contribution < -0.4 is 10.6 Å². The standard InChI is InChI=1S/C15H31N3OS.HI/c1-5-16-14(17-9-6-13(2)3)18-12-15(20-4)7-10-19-11-8-15;/h13H,5-12H2,1-4H3,(H2,16,17,18);1H. The molecule has 1 fully saturated rings. The van der Waals surface area contributed by atoms with Gasteiger partial charge in [0.05, 0.1) is 6.54 Å². The second-order valence-corrected chi connectivity index (χ2v) is 7.08. The number of aliphatic imine (C=N–C) groups is 1. The molecule has 0 saturated carbocycles. The fraction of sp³-hybridized carbons (Fsp3) is 0.933. The predicted molar refractivity (Wildman–Crippen MR) is 105 cm³/mol. The highest BCUT2D eigenvalue weighted by molar-refractivity contribution is 14.0. The molecule has 0 aromatic heterocycles. The molecule has 1 saturated heterocycles. The van der Waals surface area contributed by atoms with Crippen molar-refractivity contribution in [3.63, 3.8) is 0 Å². The number of nitrogens with zero attached hydrogens (tertiary/aromatic N) is 1. The second-order valence-electron chi connectivity index (χ2n) is 5.80. The third-order valence-corrected chi connectivity index (χ3v) is 5.12. The Morgan fingerprint density at radius 3 is 2.48 bits per heavy atom. The molecule has 126 valence electrons.